The van der Waals surface area contributed by atoms with Gasteiger partial charge in [-0.25, -0.2) is 0 Å². The molecule has 2 aromatic heterocycles. The topological polar surface area (TPSA) is 50.7 Å². The van der Waals surface area contributed by atoms with Crippen LogP contribution in [0.5, 0.6) is 0 Å². The highest BCUT2D eigenvalue weighted by Crippen LogP contribution is 2.28. The van der Waals surface area contributed by atoms with E-state index in [0.29, 0.717) is 6.04 Å². The number of hydrogen-bond donors (Lipinski definition) is 1. The van der Waals surface area contributed by atoms with Crippen LogP contribution in [0.2, 0.25) is 0 Å². The first kappa shape index (κ1) is 11.3. The van der Waals surface area contributed by atoms with Gasteiger partial charge in [0.05, 0.1) is 23.1 Å². The average molecular weight is 240 g/mol. The first-order chi connectivity index (χ1) is 8.83. The van der Waals surface area contributed by atoms with Gasteiger partial charge >= 0.3 is 0 Å². The van der Waals surface area contributed by atoms with Crippen molar-refractivity contribution in [2.45, 2.75) is 32.4 Å². The molecule has 1 aliphatic rings. The van der Waals surface area contributed by atoms with Gasteiger partial charge in [-0.15, -0.1) is 0 Å². The van der Waals surface area contributed by atoms with Crippen LogP contribution in [-0.4, -0.2) is 15.0 Å². The molecule has 0 spiro atoms. The van der Waals surface area contributed by atoms with Crippen molar-refractivity contribution in [1.29, 1.82) is 0 Å². The molecular formula is C14H16N4. The molecule has 3 rings (SSSR count). The monoisotopic (exact) mass is 240 g/mol. The zero-order chi connectivity index (χ0) is 12.4. The summed E-state index contributed by atoms with van der Waals surface area (Å²) < 4.78 is 0. The Morgan fingerprint density at radius 1 is 1.28 bits per heavy atom. The smallest absolute Gasteiger partial charge is 0.0724 e. The summed E-state index contributed by atoms with van der Waals surface area (Å²) in [6.07, 6.45) is 7.73. The molecule has 0 fully saturated rings. The van der Waals surface area contributed by atoms with Gasteiger partial charge in [-0.3, -0.25) is 15.0 Å². The van der Waals surface area contributed by atoms with Crippen molar-refractivity contribution in [3.8, 4) is 0 Å². The summed E-state index contributed by atoms with van der Waals surface area (Å²) in [4.78, 5) is 13.1. The number of hydrogen-bond acceptors (Lipinski definition) is 4. The second-order valence-corrected chi connectivity index (χ2v) is 4.67. The fourth-order valence-electron chi connectivity index (χ4n) is 2.35. The van der Waals surface area contributed by atoms with E-state index in [1.807, 2.05) is 25.4 Å². The Morgan fingerprint density at radius 3 is 3.06 bits per heavy atom. The van der Waals surface area contributed by atoms with Crippen LogP contribution >= 0.6 is 0 Å². The van der Waals surface area contributed by atoms with Crippen LogP contribution < -0.4 is 5.32 Å². The highest BCUT2D eigenvalue weighted by atomic mass is 15.0. The van der Waals surface area contributed by atoms with Crippen LogP contribution in [0, 0.1) is 6.92 Å². The molecule has 2 heterocycles. The van der Waals surface area contributed by atoms with E-state index in [1.54, 1.807) is 6.20 Å². The number of pyridine rings is 1. The first-order valence-corrected chi connectivity index (χ1v) is 6.27. The van der Waals surface area contributed by atoms with E-state index in [2.05, 4.69) is 26.3 Å². The Balaban J connectivity index is 1.67. The second-order valence-electron chi connectivity index (χ2n) is 4.67. The molecule has 0 aromatic carbocycles. The van der Waals surface area contributed by atoms with Gasteiger partial charge in [0.1, 0.15) is 0 Å². The zero-order valence-corrected chi connectivity index (χ0v) is 10.4. The van der Waals surface area contributed by atoms with E-state index in [0.717, 1.165) is 30.8 Å². The van der Waals surface area contributed by atoms with Gasteiger partial charge in [0.15, 0.2) is 0 Å². The molecule has 1 atom stereocenters. The standard InChI is InChI=1S/C14H16N4/c1-10-7-17-12(8-16-10)9-18-13-5-4-11-3-2-6-15-14(11)13/h2-3,6-8,13,18H,4-5,9H2,1H3. The fraction of sp³-hybridized carbons (Fsp3) is 0.357. The summed E-state index contributed by atoms with van der Waals surface area (Å²) >= 11 is 0. The largest absolute Gasteiger partial charge is 0.303 e. The molecule has 0 amide bonds. The van der Waals surface area contributed by atoms with E-state index in [9.17, 15) is 0 Å². The minimum absolute atomic E-state index is 0.351. The Hall–Kier alpha value is -1.81. The summed E-state index contributed by atoms with van der Waals surface area (Å²) in [5, 5.41) is 3.51. The summed E-state index contributed by atoms with van der Waals surface area (Å²) in [5.74, 6) is 0. The van der Waals surface area contributed by atoms with Gasteiger partial charge in [-0.1, -0.05) is 6.07 Å². The molecule has 1 unspecified atom stereocenters. The Kier molecular flexibility index (Phi) is 3.02. The van der Waals surface area contributed by atoms with Crippen LogP contribution in [0.1, 0.15) is 35.1 Å². The highest BCUT2D eigenvalue weighted by Gasteiger charge is 2.22. The molecule has 1 aliphatic carbocycles. The van der Waals surface area contributed by atoms with Gasteiger partial charge in [-0.2, -0.15) is 0 Å². The molecule has 0 saturated heterocycles. The lowest BCUT2D eigenvalue weighted by Crippen LogP contribution is -2.20. The molecule has 4 heteroatoms. The summed E-state index contributed by atoms with van der Waals surface area (Å²) in [5.41, 5.74) is 4.49. The van der Waals surface area contributed by atoms with E-state index >= 15 is 0 Å². The molecule has 0 aliphatic heterocycles. The number of nitrogens with zero attached hydrogens (tertiary/aromatic N) is 3. The molecule has 18 heavy (non-hydrogen) atoms. The number of rotatable bonds is 3. The predicted molar refractivity (Wildman–Crippen MR) is 68.9 cm³/mol. The van der Waals surface area contributed by atoms with Gasteiger partial charge in [0.2, 0.25) is 0 Å². The summed E-state index contributed by atoms with van der Waals surface area (Å²) in [6, 6.07) is 4.52. The second kappa shape index (κ2) is 4.82. The molecule has 0 saturated carbocycles. The maximum Gasteiger partial charge on any atom is 0.0724 e. The van der Waals surface area contributed by atoms with Gasteiger partial charge in [-0.05, 0) is 31.4 Å². The van der Waals surface area contributed by atoms with Crippen molar-refractivity contribution in [2.24, 2.45) is 0 Å². The first-order valence-electron chi connectivity index (χ1n) is 6.27. The van der Waals surface area contributed by atoms with Crippen LogP contribution in [0.3, 0.4) is 0 Å². The maximum absolute atomic E-state index is 4.47. The Bertz CT molecular complexity index is 536. The molecule has 1 N–H and O–H groups in total. The summed E-state index contributed by atoms with van der Waals surface area (Å²) in [6.45, 7) is 2.69. The Morgan fingerprint density at radius 2 is 2.22 bits per heavy atom. The third kappa shape index (κ3) is 2.24. The van der Waals surface area contributed by atoms with Crippen molar-refractivity contribution in [3.63, 3.8) is 0 Å². The normalized spacial score (nSPS) is 17.7. The lowest BCUT2D eigenvalue weighted by Gasteiger charge is -2.12. The number of aryl methyl sites for hydroxylation is 2. The van der Waals surface area contributed by atoms with Crippen molar-refractivity contribution in [3.05, 3.63) is 53.4 Å². The number of aromatic nitrogens is 3. The van der Waals surface area contributed by atoms with E-state index in [-0.39, 0.29) is 0 Å². The van der Waals surface area contributed by atoms with Gasteiger partial charge in [0.25, 0.3) is 0 Å². The van der Waals surface area contributed by atoms with E-state index in [1.165, 1.54) is 11.3 Å². The molecule has 92 valence electrons. The highest BCUT2D eigenvalue weighted by molar-refractivity contribution is 5.27. The lowest BCUT2D eigenvalue weighted by atomic mass is 10.2. The molecule has 4 nitrogen and oxygen atoms in total. The molecular weight excluding hydrogens is 224 g/mol. The quantitative estimate of drug-likeness (QED) is 0.891. The number of fused-ring (bicyclic) bond motifs is 1. The predicted octanol–water partition coefficient (Wildman–Crippen LogP) is 1.96. The Labute approximate surface area is 107 Å². The van der Waals surface area contributed by atoms with Gasteiger partial charge in [0, 0.05) is 25.1 Å². The molecule has 0 bridgehead atoms. The third-order valence-corrected chi connectivity index (χ3v) is 3.32. The van der Waals surface area contributed by atoms with Crippen molar-refractivity contribution in [2.75, 3.05) is 0 Å². The minimum atomic E-state index is 0.351. The minimum Gasteiger partial charge on any atom is -0.303 e. The number of nitrogens with one attached hydrogen (secondary N) is 1. The maximum atomic E-state index is 4.47. The molecule has 0 radical (unpaired) electrons. The molecule has 2 aromatic rings. The van der Waals surface area contributed by atoms with Crippen LogP contribution in [0.15, 0.2) is 30.7 Å². The summed E-state index contributed by atoms with van der Waals surface area (Å²) in [7, 11) is 0. The van der Waals surface area contributed by atoms with Crippen LogP contribution in [0.25, 0.3) is 0 Å². The lowest BCUT2D eigenvalue weighted by molar-refractivity contribution is 0.515. The third-order valence-electron chi connectivity index (χ3n) is 3.32. The van der Waals surface area contributed by atoms with Crippen LogP contribution in [0.4, 0.5) is 0 Å². The average Bonchev–Trinajstić information content (AvgIpc) is 2.82. The SMILES string of the molecule is Cc1cnc(CNC2CCc3cccnc32)cn1. The fourth-order valence-corrected chi connectivity index (χ4v) is 2.35. The van der Waals surface area contributed by atoms with Crippen molar-refractivity contribution < 1.29 is 0 Å². The van der Waals surface area contributed by atoms with Gasteiger partial charge < -0.3 is 5.32 Å². The van der Waals surface area contributed by atoms with E-state index < -0.39 is 0 Å². The van der Waals surface area contributed by atoms with Crippen molar-refractivity contribution >= 4 is 0 Å². The van der Waals surface area contributed by atoms with Crippen LogP contribution in [-0.2, 0) is 13.0 Å². The van der Waals surface area contributed by atoms with E-state index in [4.69, 9.17) is 0 Å². The van der Waals surface area contributed by atoms with Crippen molar-refractivity contribution in [1.82, 2.24) is 20.3 Å². The zero-order valence-electron chi connectivity index (χ0n) is 10.4.